The van der Waals surface area contributed by atoms with Gasteiger partial charge in [0.1, 0.15) is 0 Å². The third kappa shape index (κ3) is 6.01. The number of amides is 1. The number of esters is 1. The van der Waals surface area contributed by atoms with Crippen molar-refractivity contribution in [3.05, 3.63) is 35.5 Å². The van der Waals surface area contributed by atoms with Crippen LogP contribution in [0.5, 0.6) is 17.2 Å². The summed E-state index contributed by atoms with van der Waals surface area (Å²) in [6.45, 7) is 2.19. The van der Waals surface area contributed by atoms with Crippen molar-refractivity contribution >= 4 is 18.0 Å². The average molecular weight is 403 g/mol. The summed E-state index contributed by atoms with van der Waals surface area (Å²) in [4.78, 5) is 26.2. The molecule has 0 radical (unpaired) electrons. The second-order valence-electron chi connectivity index (χ2n) is 6.48. The van der Waals surface area contributed by atoms with Crippen LogP contribution in [-0.2, 0) is 14.3 Å². The molecule has 0 bridgehead atoms. The highest BCUT2D eigenvalue weighted by molar-refractivity contribution is 5.89. The first kappa shape index (κ1) is 22.3. The number of hydrogen-bond donors (Lipinski definition) is 0. The molecule has 29 heavy (non-hydrogen) atoms. The molecule has 0 aromatic heterocycles. The number of allylic oxidation sites excluding steroid dienone is 2. The summed E-state index contributed by atoms with van der Waals surface area (Å²) in [5.74, 6) is 0.622. The first-order valence-electron chi connectivity index (χ1n) is 9.68. The Morgan fingerprint density at radius 1 is 1.07 bits per heavy atom. The molecular weight excluding hydrogens is 374 g/mol. The molecule has 158 valence electrons. The van der Waals surface area contributed by atoms with Crippen LogP contribution in [0, 0.1) is 0 Å². The smallest absolute Gasteiger partial charge is 0.331 e. The van der Waals surface area contributed by atoms with Crippen molar-refractivity contribution in [2.75, 3.05) is 34.5 Å². The van der Waals surface area contributed by atoms with Gasteiger partial charge in [-0.05, 0) is 56.4 Å². The minimum Gasteiger partial charge on any atom is -0.493 e. The van der Waals surface area contributed by atoms with Crippen LogP contribution in [-0.4, -0.2) is 51.3 Å². The van der Waals surface area contributed by atoms with Gasteiger partial charge in [-0.1, -0.05) is 6.08 Å². The van der Waals surface area contributed by atoms with Gasteiger partial charge in [0.15, 0.2) is 18.1 Å². The van der Waals surface area contributed by atoms with E-state index < -0.39 is 5.97 Å². The number of benzene rings is 1. The van der Waals surface area contributed by atoms with E-state index in [4.69, 9.17) is 18.9 Å². The van der Waals surface area contributed by atoms with Crippen LogP contribution in [0.3, 0.4) is 0 Å². The molecule has 7 nitrogen and oxygen atoms in total. The molecule has 0 fully saturated rings. The van der Waals surface area contributed by atoms with Crippen molar-refractivity contribution in [3.8, 4) is 17.2 Å². The minimum absolute atomic E-state index is 0.213. The maximum Gasteiger partial charge on any atom is 0.331 e. The van der Waals surface area contributed by atoms with Gasteiger partial charge in [-0.15, -0.1) is 0 Å². The molecule has 1 amide bonds. The highest BCUT2D eigenvalue weighted by Crippen LogP contribution is 2.38. The highest BCUT2D eigenvalue weighted by Gasteiger charge is 2.19. The number of nitrogens with zero attached hydrogens (tertiary/aromatic N) is 1. The van der Waals surface area contributed by atoms with E-state index >= 15 is 0 Å². The molecule has 1 aromatic rings. The molecular formula is C22H29NO6. The summed E-state index contributed by atoms with van der Waals surface area (Å²) >= 11 is 0. The molecule has 1 aliphatic rings. The maximum absolute atomic E-state index is 12.4. The van der Waals surface area contributed by atoms with Gasteiger partial charge >= 0.3 is 5.97 Å². The Hall–Kier alpha value is -2.96. The van der Waals surface area contributed by atoms with Gasteiger partial charge in [-0.25, -0.2) is 4.79 Å². The molecule has 0 aliphatic heterocycles. The van der Waals surface area contributed by atoms with E-state index in [1.54, 1.807) is 23.1 Å². The Kier molecular flexibility index (Phi) is 8.58. The van der Waals surface area contributed by atoms with E-state index in [-0.39, 0.29) is 12.5 Å². The van der Waals surface area contributed by atoms with Gasteiger partial charge in [0.05, 0.1) is 21.3 Å². The van der Waals surface area contributed by atoms with Crippen molar-refractivity contribution < 1.29 is 28.5 Å². The van der Waals surface area contributed by atoms with Gasteiger partial charge < -0.3 is 23.8 Å². The maximum atomic E-state index is 12.4. The lowest BCUT2D eigenvalue weighted by Gasteiger charge is -2.26. The Morgan fingerprint density at radius 3 is 2.28 bits per heavy atom. The zero-order valence-electron chi connectivity index (χ0n) is 17.5. The summed E-state index contributed by atoms with van der Waals surface area (Å²) in [6.07, 6.45) is 9.02. The summed E-state index contributed by atoms with van der Waals surface area (Å²) in [7, 11) is 4.56. The minimum atomic E-state index is -0.597. The summed E-state index contributed by atoms with van der Waals surface area (Å²) in [5, 5.41) is 0. The normalized spacial score (nSPS) is 13.6. The van der Waals surface area contributed by atoms with E-state index in [2.05, 4.69) is 6.08 Å². The van der Waals surface area contributed by atoms with Crippen molar-refractivity contribution in [3.63, 3.8) is 0 Å². The van der Waals surface area contributed by atoms with Crippen LogP contribution in [0.25, 0.3) is 6.08 Å². The molecule has 0 heterocycles. The van der Waals surface area contributed by atoms with E-state index in [0.29, 0.717) is 29.4 Å². The topological polar surface area (TPSA) is 74.3 Å². The van der Waals surface area contributed by atoms with Crippen LogP contribution >= 0.6 is 0 Å². The van der Waals surface area contributed by atoms with E-state index in [0.717, 1.165) is 31.4 Å². The molecule has 0 N–H and O–H groups in total. The van der Waals surface area contributed by atoms with Gasteiger partial charge in [0, 0.05) is 18.3 Å². The van der Waals surface area contributed by atoms with E-state index in [9.17, 15) is 9.59 Å². The lowest BCUT2D eigenvalue weighted by atomic mass is 10.0. The van der Waals surface area contributed by atoms with Crippen molar-refractivity contribution in [2.24, 2.45) is 0 Å². The number of hydrogen-bond acceptors (Lipinski definition) is 6. The summed E-state index contributed by atoms with van der Waals surface area (Å²) in [6, 6.07) is 3.43. The lowest BCUT2D eigenvalue weighted by molar-refractivity contribution is -0.147. The Labute approximate surface area is 171 Å². The first-order valence-corrected chi connectivity index (χ1v) is 9.68. The molecule has 0 saturated carbocycles. The van der Waals surface area contributed by atoms with Crippen LogP contribution in [0.2, 0.25) is 0 Å². The van der Waals surface area contributed by atoms with E-state index in [1.807, 2.05) is 6.92 Å². The summed E-state index contributed by atoms with van der Waals surface area (Å²) in [5.41, 5.74) is 1.69. The summed E-state index contributed by atoms with van der Waals surface area (Å²) < 4.78 is 21.0. The second kappa shape index (κ2) is 11.1. The van der Waals surface area contributed by atoms with Crippen molar-refractivity contribution in [1.29, 1.82) is 0 Å². The second-order valence-corrected chi connectivity index (χ2v) is 6.48. The van der Waals surface area contributed by atoms with Crippen molar-refractivity contribution in [1.82, 2.24) is 4.90 Å². The SMILES string of the molecule is CCN(C(=O)COC(=O)/C=C/c1cc(OC)c(OC)c(OC)c1)C1=CCCCC1. The van der Waals surface area contributed by atoms with Gasteiger partial charge in [-0.3, -0.25) is 4.79 Å². The third-order valence-corrected chi connectivity index (χ3v) is 4.67. The molecule has 7 heteroatoms. The molecule has 1 aromatic carbocycles. The van der Waals surface area contributed by atoms with Gasteiger partial charge in [0.25, 0.3) is 5.91 Å². The molecule has 0 unspecified atom stereocenters. The largest absolute Gasteiger partial charge is 0.493 e. The number of likely N-dealkylation sites (N-methyl/N-ethyl adjacent to an activating group) is 1. The quantitative estimate of drug-likeness (QED) is 0.464. The fraction of sp³-hybridized carbons (Fsp3) is 0.455. The Morgan fingerprint density at radius 2 is 1.76 bits per heavy atom. The molecule has 0 saturated heterocycles. The fourth-order valence-corrected chi connectivity index (χ4v) is 3.23. The number of carbonyl (C=O) groups excluding carboxylic acids is 2. The lowest BCUT2D eigenvalue weighted by Crippen LogP contribution is -2.34. The average Bonchev–Trinajstić information content (AvgIpc) is 2.76. The standard InChI is InChI=1S/C22H29NO6/c1-5-23(17-9-7-6-8-10-17)20(24)15-29-21(25)12-11-16-13-18(26-2)22(28-4)19(14-16)27-3/h9,11-14H,5-8,10,15H2,1-4H3/b12-11+. The number of methoxy groups -OCH3 is 3. The van der Waals surface area contributed by atoms with Gasteiger partial charge in [0.2, 0.25) is 5.75 Å². The van der Waals surface area contributed by atoms with Crippen molar-refractivity contribution in [2.45, 2.75) is 32.6 Å². The zero-order chi connectivity index (χ0) is 21.2. The monoisotopic (exact) mass is 403 g/mol. The van der Waals surface area contributed by atoms with Gasteiger partial charge in [-0.2, -0.15) is 0 Å². The van der Waals surface area contributed by atoms with E-state index in [1.165, 1.54) is 27.4 Å². The molecule has 2 rings (SSSR count). The van der Waals surface area contributed by atoms with Crippen LogP contribution in [0.1, 0.15) is 38.2 Å². The third-order valence-electron chi connectivity index (χ3n) is 4.67. The predicted molar refractivity (Wildman–Crippen MR) is 110 cm³/mol. The molecule has 0 spiro atoms. The zero-order valence-corrected chi connectivity index (χ0v) is 17.5. The first-order chi connectivity index (χ1) is 14.0. The number of carbonyl (C=O) groups is 2. The van der Waals surface area contributed by atoms with Crippen LogP contribution < -0.4 is 14.2 Å². The predicted octanol–water partition coefficient (Wildman–Crippen LogP) is 3.58. The van der Waals surface area contributed by atoms with Crippen LogP contribution in [0.15, 0.2) is 30.0 Å². The fourth-order valence-electron chi connectivity index (χ4n) is 3.23. The molecule has 0 atom stereocenters. The number of ether oxygens (including phenoxy) is 4. The highest BCUT2D eigenvalue weighted by atomic mass is 16.5. The Balaban J connectivity index is 1.99. The number of rotatable bonds is 9. The van der Waals surface area contributed by atoms with Crippen LogP contribution in [0.4, 0.5) is 0 Å². The Bertz CT molecular complexity index is 759. The molecule has 1 aliphatic carbocycles.